The average molecular weight is 1230 g/mol. The van der Waals surface area contributed by atoms with Crippen LogP contribution < -0.4 is 16.0 Å². The highest BCUT2D eigenvalue weighted by Crippen LogP contribution is 2.54. The van der Waals surface area contributed by atoms with Gasteiger partial charge in [0.1, 0.15) is 49.5 Å². The van der Waals surface area contributed by atoms with Crippen molar-refractivity contribution in [2.75, 3.05) is 84.1 Å². The number of amides is 2. The Hall–Kier alpha value is -2.95. The van der Waals surface area contributed by atoms with Crippen LogP contribution in [0.5, 0.6) is 0 Å². The molecule has 1 aromatic carbocycles. The first-order valence-corrected chi connectivity index (χ1v) is 33.5. The Morgan fingerprint density at radius 1 is 0.800 bits per heavy atom. The van der Waals surface area contributed by atoms with E-state index in [0.29, 0.717) is 76.5 Å². The van der Waals surface area contributed by atoms with Gasteiger partial charge in [0.05, 0.1) is 118 Å². The standard InChI is InChI=1S/C62H93N3O18S2/c1-36-26-43-12-14-47-37(2)27-45(76-47)16-17-62-32-52-55(82-62)56-57(81-52)58(83-62)54-48(80-56)15-13-44(78-54)28-41(66)29-46-50(31-49(77-43)38(36)3)79-51(53(46)70-6)30-42(67)33-64-59(68)74-34-39-8-10-40(11-9-39)65(60(69)75-35-61(4,5)85-84-7)19-21-72-23-25-73-24-22-71-20-18-63/h8-11,36,42-58,67H,2-3,12-35,63H2,1,4-7H3,(H,64,68)/t36-,42+,43+,44-,45+,46+,47+,48+,49-,50+,51-,52-,53-,54+,55+,56?,57?,58+,62+/m1/s1. The molecule has 85 heavy (non-hydrogen) atoms. The summed E-state index contributed by atoms with van der Waals surface area (Å²) in [6.07, 6.45) is 2.85. The van der Waals surface area contributed by atoms with Gasteiger partial charge in [0.25, 0.3) is 0 Å². The quantitative estimate of drug-likeness (QED) is 0.0560. The highest BCUT2D eigenvalue weighted by molar-refractivity contribution is 8.77. The Morgan fingerprint density at radius 2 is 1.51 bits per heavy atom. The predicted molar refractivity (Wildman–Crippen MR) is 317 cm³/mol. The molecule has 0 radical (unpaired) electrons. The summed E-state index contributed by atoms with van der Waals surface area (Å²) in [5.41, 5.74) is 8.80. The number of carbonyl (C=O) groups is 3. The van der Waals surface area contributed by atoms with Crippen molar-refractivity contribution >= 4 is 45.2 Å². The third-order valence-electron chi connectivity index (χ3n) is 18.3. The van der Waals surface area contributed by atoms with E-state index < -0.39 is 54.6 Å². The molecule has 21 nitrogen and oxygen atoms in total. The molecule has 476 valence electrons. The fraction of sp³-hybridized carbons (Fsp3) is 0.790. The minimum Gasteiger partial charge on any atom is -0.448 e. The molecule has 10 heterocycles. The van der Waals surface area contributed by atoms with Gasteiger partial charge in [-0.2, -0.15) is 0 Å². The van der Waals surface area contributed by atoms with Gasteiger partial charge in [-0.3, -0.25) is 9.69 Å². The minimum atomic E-state index is -1.05. The van der Waals surface area contributed by atoms with E-state index in [-0.39, 0.29) is 136 Å². The topological polar surface area (TPSA) is 242 Å². The molecule has 0 saturated carbocycles. The van der Waals surface area contributed by atoms with Crippen molar-refractivity contribution in [1.82, 2.24) is 5.32 Å². The van der Waals surface area contributed by atoms with Crippen molar-refractivity contribution in [2.45, 2.75) is 219 Å². The lowest BCUT2D eigenvalue weighted by atomic mass is 9.81. The summed E-state index contributed by atoms with van der Waals surface area (Å²) in [5.74, 6) is -1.00. The van der Waals surface area contributed by atoms with Gasteiger partial charge in [0.2, 0.25) is 0 Å². The summed E-state index contributed by atoms with van der Waals surface area (Å²) in [5, 5.41) is 14.2. The third-order valence-corrected chi connectivity index (χ3v) is 20.9. The number of methoxy groups -OCH3 is 1. The lowest BCUT2D eigenvalue weighted by Crippen LogP contribution is -2.61. The number of ether oxygens (including phenoxy) is 14. The van der Waals surface area contributed by atoms with Crippen molar-refractivity contribution in [3.63, 3.8) is 0 Å². The Kier molecular flexibility index (Phi) is 22.8. The molecule has 10 aliphatic heterocycles. The monoisotopic (exact) mass is 1230 g/mol. The van der Waals surface area contributed by atoms with Crippen LogP contribution in [0.25, 0.3) is 0 Å². The molecule has 19 atom stereocenters. The summed E-state index contributed by atoms with van der Waals surface area (Å²) in [4.78, 5) is 42.7. The lowest BCUT2D eigenvalue weighted by molar-refractivity contribution is -0.292. The van der Waals surface area contributed by atoms with Crippen LogP contribution in [0, 0.1) is 11.8 Å². The zero-order valence-corrected chi connectivity index (χ0v) is 51.9. The zero-order chi connectivity index (χ0) is 59.8. The number of rotatable bonds is 23. The second-order valence-corrected chi connectivity index (χ2v) is 28.3. The van der Waals surface area contributed by atoms with Crippen LogP contribution in [0.4, 0.5) is 15.3 Å². The first-order chi connectivity index (χ1) is 41.0. The molecule has 23 heteroatoms. The summed E-state index contributed by atoms with van der Waals surface area (Å²) in [7, 11) is 4.84. The lowest BCUT2D eigenvalue weighted by Gasteiger charge is -2.47. The van der Waals surface area contributed by atoms with E-state index in [1.54, 1.807) is 53.0 Å². The molecule has 4 N–H and O–H groups in total. The van der Waals surface area contributed by atoms with E-state index >= 15 is 0 Å². The van der Waals surface area contributed by atoms with E-state index in [0.717, 1.165) is 49.7 Å². The third kappa shape index (κ3) is 16.3. The average Bonchev–Trinajstić information content (AvgIpc) is 1.74. The summed E-state index contributed by atoms with van der Waals surface area (Å²) >= 11 is 0. The van der Waals surface area contributed by atoms with Crippen LogP contribution in [-0.4, -0.2) is 211 Å². The Bertz CT molecular complexity index is 2410. The number of nitrogens with one attached hydrogen (secondary N) is 1. The molecule has 1 aromatic rings. The predicted octanol–water partition coefficient (Wildman–Crippen LogP) is 7.15. The highest BCUT2D eigenvalue weighted by atomic mass is 33.1. The fourth-order valence-corrected chi connectivity index (χ4v) is 16.2. The number of hydrogen-bond acceptors (Lipinski definition) is 21. The van der Waals surface area contributed by atoms with Gasteiger partial charge in [-0.15, -0.1) is 0 Å². The molecule has 10 aliphatic rings. The van der Waals surface area contributed by atoms with Gasteiger partial charge in [-0.05, 0) is 99.8 Å². The number of anilines is 1. The molecule has 2 amide bonds. The molecule has 10 saturated heterocycles. The number of aliphatic hydroxyl groups is 1. The van der Waals surface area contributed by atoms with E-state index in [9.17, 15) is 19.5 Å². The molecule has 0 aromatic heterocycles. The number of nitrogens with two attached hydrogens (primary N) is 1. The van der Waals surface area contributed by atoms with Gasteiger partial charge in [0.15, 0.2) is 5.79 Å². The van der Waals surface area contributed by atoms with Gasteiger partial charge < -0.3 is 82.5 Å². The van der Waals surface area contributed by atoms with E-state index in [1.165, 1.54) is 4.90 Å². The van der Waals surface area contributed by atoms with E-state index in [4.69, 9.17) is 72.0 Å². The largest absolute Gasteiger partial charge is 0.448 e. The van der Waals surface area contributed by atoms with Crippen LogP contribution in [0.15, 0.2) is 48.6 Å². The van der Waals surface area contributed by atoms with Gasteiger partial charge in [-0.1, -0.05) is 53.8 Å². The normalized spacial score (nSPS) is 36.6. The maximum Gasteiger partial charge on any atom is 0.414 e. The summed E-state index contributed by atoms with van der Waals surface area (Å²) in [6, 6.07) is 7.07. The number of fused-ring (bicyclic) bond motifs is 6. The van der Waals surface area contributed by atoms with Crippen LogP contribution >= 0.6 is 21.6 Å². The Balaban J connectivity index is 0.754. The minimum absolute atomic E-state index is 0.00452. The van der Waals surface area contributed by atoms with Crippen molar-refractivity contribution in [2.24, 2.45) is 17.6 Å². The molecule has 10 fully saturated rings. The van der Waals surface area contributed by atoms with Gasteiger partial charge in [-0.25, -0.2) is 9.59 Å². The molecule has 2 unspecified atom stereocenters. The van der Waals surface area contributed by atoms with Crippen LogP contribution in [0.2, 0.25) is 0 Å². The van der Waals surface area contributed by atoms with Crippen LogP contribution in [-0.2, 0) is 77.7 Å². The van der Waals surface area contributed by atoms with Crippen molar-refractivity contribution in [3.05, 3.63) is 54.1 Å². The molecule has 12 bridgehead atoms. The number of hydrogen-bond donors (Lipinski definition) is 3. The fourth-order valence-electron chi connectivity index (χ4n) is 14.1. The first kappa shape index (κ1) is 65.0. The van der Waals surface area contributed by atoms with Crippen molar-refractivity contribution < 1.29 is 85.8 Å². The first-order valence-electron chi connectivity index (χ1n) is 31.0. The Labute approximate surface area is 509 Å². The van der Waals surface area contributed by atoms with Crippen molar-refractivity contribution in [3.8, 4) is 0 Å². The molecule has 11 rings (SSSR count). The molecule has 1 spiro atoms. The molecular formula is C62H93N3O18S2. The van der Waals surface area contributed by atoms with E-state index in [2.05, 4.69) is 25.4 Å². The number of aliphatic hydroxyl groups excluding tert-OH is 1. The number of benzene rings is 1. The number of ketones is 1. The van der Waals surface area contributed by atoms with E-state index in [1.807, 2.05) is 20.1 Å². The van der Waals surface area contributed by atoms with Crippen LogP contribution in [0.1, 0.15) is 110 Å². The maximum absolute atomic E-state index is 14.5. The van der Waals surface area contributed by atoms with Gasteiger partial charge >= 0.3 is 12.2 Å². The smallest absolute Gasteiger partial charge is 0.414 e. The van der Waals surface area contributed by atoms with Gasteiger partial charge in [0, 0.05) is 70.3 Å². The Morgan fingerprint density at radius 3 is 2.27 bits per heavy atom. The maximum atomic E-state index is 14.5. The van der Waals surface area contributed by atoms with Crippen LogP contribution in [0.3, 0.4) is 0 Å². The number of carbonyl (C=O) groups excluding carboxylic acids is 3. The highest BCUT2D eigenvalue weighted by Gasteiger charge is 2.69. The molecule has 0 aliphatic carbocycles. The number of nitrogens with zero attached hydrogens (tertiary/aromatic N) is 1. The zero-order valence-electron chi connectivity index (χ0n) is 50.3. The second-order valence-electron chi connectivity index (χ2n) is 25.2. The van der Waals surface area contributed by atoms with Crippen molar-refractivity contribution in [1.29, 1.82) is 0 Å². The molecular weight excluding hydrogens is 1140 g/mol. The summed E-state index contributed by atoms with van der Waals surface area (Å²) < 4.78 is 88.6. The number of alkyl carbamates (subject to hydrolysis) is 1. The SMILES string of the molecule is C=C1C[C@@H]2CC[C@@]34C[C@H]5OC6C(O[C@H]7CC[C@H](CC(=O)C[C@@H]8[C@@H](OC)[C@@H](C[C@H](O)CNC(=O)OCc9ccc(N(CCOCCOCCOCCN)C(=O)OCC(C)(C)SSC)cc9)O[C@H]8C[C@H]8O[C@@H](CC[C@@H]1O2)C[C@@H](C)C8=C)O[C@@H]7[C@@H]6O3)[C@H]5O4. The number of Topliss-reactive ketones (excluding diaryl/α,β-unsaturated/α-hetero) is 1. The second kappa shape index (κ2) is 29.8. The summed E-state index contributed by atoms with van der Waals surface area (Å²) in [6.45, 7) is 18.2.